The minimum Gasteiger partial charge on any atom is -0.390 e. The Bertz CT molecular complexity index is 351. The third-order valence-electron chi connectivity index (χ3n) is 3.15. The van der Waals surface area contributed by atoms with Gasteiger partial charge in [-0.15, -0.1) is 0 Å². The lowest BCUT2D eigenvalue weighted by molar-refractivity contribution is 0.0216. The lowest BCUT2D eigenvalue weighted by Gasteiger charge is -2.28. The van der Waals surface area contributed by atoms with Crippen molar-refractivity contribution in [2.45, 2.75) is 32.0 Å². The fourth-order valence-electron chi connectivity index (χ4n) is 2.15. The molecule has 2 heterocycles. The average Bonchev–Trinajstić information content (AvgIpc) is 2.40. The monoisotopic (exact) mass is 236 g/mol. The summed E-state index contributed by atoms with van der Waals surface area (Å²) < 4.78 is 5.72. The van der Waals surface area contributed by atoms with Gasteiger partial charge in [-0.05, 0) is 31.4 Å². The van der Waals surface area contributed by atoms with Crippen molar-refractivity contribution in [1.82, 2.24) is 4.98 Å². The van der Waals surface area contributed by atoms with Gasteiger partial charge in [-0.25, -0.2) is 0 Å². The summed E-state index contributed by atoms with van der Waals surface area (Å²) in [4.78, 5) is 6.24. The number of aliphatic hydroxyl groups excluding tert-OH is 1. The number of rotatable bonds is 4. The maximum Gasteiger partial charge on any atom is 0.0853 e. The Balaban J connectivity index is 1.95. The number of nitrogens with zero attached hydrogens (tertiary/aromatic N) is 2. The van der Waals surface area contributed by atoms with Crippen molar-refractivity contribution in [3.8, 4) is 0 Å². The van der Waals surface area contributed by atoms with Crippen molar-refractivity contribution in [2.24, 2.45) is 0 Å². The van der Waals surface area contributed by atoms with E-state index in [0.717, 1.165) is 25.3 Å². The fraction of sp³-hybridized carbons (Fsp3) is 0.615. The van der Waals surface area contributed by atoms with Crippen molar-refractivity contribution < 1.29 is 9.84 Å². The Hall–Kier alpha value is -1.13. The predicted octanol–water partition coefficient (Wildman–Crippen LogP) is 1.58. The van der Waals surface area contributed by atoms with Crippen LogP contribution >= 0.6 is 0 Å². The second-order valence-corrected chi connectivity index (χ2v) is 4.53. The van der Waals surface area contributed by atoms with E-state index in [0.29, 0.717) is 11.8 Å². The second kappa shape index (κ2) is 5.98. The van der Waals surface area contributed by atoms with E-state index in [-0.39, 0.29) is 6.61 Å². The third kappa shape index (κ3) is 3.41. The van der Waals surface area contributed by atoms with Crippen LogP contribution in [0, 0.1) is 0 Å². The zero-order chi connectivity index (χ0) is 12.1. The van der Waals surface area contributed by atoms with Crippen LogP contribution < -0.4 is 4.90 Å². The summed E-state index contributed by atoms with van der Waals surface area (Å²) in [5, 5.41) is 9.06. The number of likely N-dealkylation sites (N-methyl/N-ethyl adjacent to an activating group) is 1. The third-order valence-corrected chi connectivity index (χ3v) is 3.15. The molecule has 0 aliphatic carbocycles. The quantitative estimate of drug-likeness (QED) is 0.862. The molecule has 0 bridgehead atoms. The van der Waals surface area contributed by atoms with Crippen molar-refractivity contribution >= 4 is 5.69 Å². The van der Waals surface area contributed by atoms with E-state index in [1.54, 1.807) is 6.20 Å². The van der Waals surface area contributed by atoms with Gasteiger partial charge < -0.3 is 14.7 Å². The van der Waals surface area contributed by atoms with Gasteiger partial charge >= 0.3 is 0 Å². The van der Waals surface area contributed by atoms with Crippen molar-refractivity contribution in [3.63, 3.8) is 0 Å². The number of hydrogen-bond acceptors (Lipinski definition) is 4. The van der Waals surface area contributed by atoms with E-state index < -0.39 is 0 Å². The minimum absolute atomic E-state index is 0.0123. The largest absolute Gasteiger partial charge is 0.390 e. The molecule has 1 aromatic rings. The zero-order valence-corrected chi connectivity index (χ0v) is 10.3. The molecule has 17 heavy (non-hydrogen) atoms. The molecule has 4 nitrogen and oxygen atoms in total. The normalized spacial score (nSPS) is 20.2. The molecule has 1 fully saturated rings. The summed E-state index contributed by atoms with van der Waals surface area (Å²) in [5.41, 5.74) is 1.79. The van der Waals surface area contributed by atoms with Crippen LogP contribution in [0.3, 0.4) is 0 Å². The van der Waals surface area contributed by atoms with Crippen LogP contribution in [-0.4, -0.2) is 36.4 Å². The van der Waals surface area contributed by atoms with Crippen LogP contribution in [0.4, 0.5) is 5.69 Å². The van der Waals surface area contributed by atoms with E-state index in [4.69, 9.17) is 9.84 Å². The molecule has 4 heteroatoms. The van der Waals surface area contributed by atoms with Gasteiger partial charge in [0.15, 0.2) is 0 Å². The number of aliphatic hydroxyl groups is 1. The minimum atomic E-state index is -0.0123. The summed E-state index contributed by atoms with van der Waals surface area (Å²) in [6, 6.07) is 3.88. The Morgan fingerprint density at radius 1 is 1.53 bits per heavy atom. The van der Waals surface area contributed by atoms with E-state index in [1.807, 2.05) is 12.1 Å². The predicted molar refractivity (Wildman–Crippen MR) is 67.0 cm³/mol. The first kappa shape index (κ1) is 12.3. The van der Waals surface area contributed by atoms with Crippen LogP contribution in [0.15, 0.2) is 18.3 Å². The lowest BCUT2D eigenvalue weighted by Crippen LogP contribution is -2.33. The molecule has 1 aliphatic heterocycles. The summed E-state index contributed by atoms with van der Waals surface area (Å²) in [6.45, 7) is 1.77. The van der Waals surface area contributed by atoms with Gasteiger partial charge in [0, 0.05) is 32.1 Å². The highest BCUT2D eigenvalue weighted by atomic mass is 16.5. The number of aromatic nitrogens is 1. The highest BCUT2D eigenvalue weighted by molar-refractivity contribution is 5.45. The van der Waals surface area contributed by atoms with Crippen LogP contribution in [-0.2, 0) is 11.3 Å². The molecular formula is C13H20N2O2. The number of hydrogen-bond donors (Lipinski definition) is 1. The summed E-state index contributed by atoms with van der Waals surface area (Å²) in [6.07, 6.45) is 5.65. The molecule has 1 atom stereocenters. The summed E-state index contributed by atoms with van der Waals surface area (Å²) in [7, 11) is 2.05. The van der Waals surface area contributed by atoms with Crippen molar-refractivity contribution in [2.75, 3.05) is 25.1 Å². The molecule has 1 aliphatic rings. The Kier molecular flexibility index (Phi) is 4.34. The van der Waals surface area contributed by atoms with Crippen molar-refractivity contribution in [3.05, 3.63) is 24.0 Å². The van der Waals surface area contributed by atoms with Gasteiger partial charge in [0.2, 0.25) is 0 Å². The molecule has 0 radical (unpaired) electrons. The molecule has 2 rings (SSSR count). The molecule has 94 valence electrons. The number of pyridine rings is 1. The highest BCUT2D eigenvalue weighted by Crippen LogP contribution is 2.18. The van der Waals surface area contributed by atoms with Crippen LogP contribution in [0.5, 0.6) is 0 Å². The number of anilines is 1. The molecule has 0 aromatic carbocycles. The molecule has 1 saturated heterocycles. The average molecular weight is 236 g/mol. The van der Waals surface area contributed by atoms with Gasteiger partial charge in [0.05, 0.1) is 18.4 Å². The van der Waals surface area contributed by atoms with E-state index in [1.165, 1.54) is 12.8 Å². The van der Waals surface area contributed by atoms with Crippen molar-refractivity contribution in [1.29, 1.82) is 0 Å². The molecule has 0 spiro atoms. The van der Waals surface area contributed by atoms with Gasteiger partial charge in [0.1, 0.15) is 0 Å². The summed E-state index contributed by atoms with van der Waals surface area (Å²) >= 11 is 0. The second-order valence-electron chi connectivity index (χ2n) is 4.53. The van der Waals surface area contributed by atoms with E-state index >= 15 is 0 Å². The first-order valence-corrected chi connectivity index (χ1v) is 6.18. The molecular weight excluding hydrogens is 216 g/mol. The first-order chi connectivity index (χ1) is 8.29. The van der Waals surface area contributed by atoms with Crippen LogP contribution in [0.1, 0.15) is 25.0 Å². The Morgan fingerprint density at radius 2 is 2.41 bits per heavy atom. The van der Waals surface area contributed by atoms with Gasteiger partial charge in [-0.1, -0.05) is 0 Å². The van der Waals surface area contributed by atoms with Gasteiger partial charge in [0.25, 0.3) is 0 Å². The zero-order valence-electron chi connectivity index (χ0n) is 10.3. The Labute approximate surface area is 102 Å². The SMILES string of the molecule is CN(CC1CCCCO1)c1ccnc(CO)c1. The lowest BCUT2D eigenvalue weighted by atomic mass is 10.1. The van der Waals surface area contributed by atoms with Gasteiger partial charge in [-0.3, -0.25) is 4.98 Å². The molecule has 1 aromatic heterocycles. The first-order valence-electron chi connectivity index (χ1n) is 6.18. The standard InChI is InChI=1S/C13H20N2O2/c1-15(9-13-4-2-3-7-17-13)12-5-6-14-11(8-12)10-16/h5-6,8,13,16H,2-4,7,9-10H2,1H3. The Morgan fingerprint density at radius 3 is 3.12 bits per heavy atom. The maximum atomic E-state index is 9.06. The molecule has 1 unspecified atom stereocenters. The molecule has 0 saturated carbocycles. The number of ether oxygens (including phenoxy) is 1. The molecule has 0 amide bonds. The van der Waals surface area contributed by atoms with E-state index in [2.05, 4.69) is 16.9 Å². The fourth-order valence-corrected chi connectivity index (χ4v) is 2.15. The van der Waals surface area contributed by atoms with Crippen LogP contribution in [0.2, 0.25) is 0 Å². The highest BCUT2D eigenvalue weighted by Gasteiger charge is 2.16. The van der Waals surface area contributed by atoms with E-state index in [9.17, 15) is 0 Å². The van der Waals surface area contributed by atoms with Crippen LogP contribution in [0.25, 0.3) is 0 Å². The maximum absolute atomic E-state index is 9.06. The van der Waals surface area contributed by atoms with Gasteiger partial charge in [-0.2, -0.15) is 0 Å². The smallest absolute Gasteiger partial charge is 0.0853 e. The topological polar surface area (TPSA) is 45.6 Å². The summed E-state index contributed by atoms with van der Waals surface area (Å²) in [5.74, 6) is 0. The molecule has 1 N–H and O–H groups in total.